The number of halogens is 20. The molecule has 0 aliphatic heterocycles. The van der Waals surface area contributed by atoms with Crippen molar-refractivity contribution in [3.63, 3.8) is 0 Å². The third-order valence-corrected chi connectivity index (χ3v) is 8.99. The van der Waals surface area contributed by atoms with E-state index >= 15 is 35.1 Å². The van der Waals surface area contributed by atoms with E-state index < -0.39 is 144 Å². The lowest BCUT2D eigenvalue weighted by molar-refractivity contribution is -0.689. The highest BCUT2D eigenvalue weighted by molar-refractivity contribution is 7.80. The summed E-state index contributed by atoms with van der Waals surface area (Å²) in [4.78, 5) is 4.08. The summed E-state index contributed by atoms with van der Waals surface area (Å²) < 4.78 is 301. The van der Waals surface area contributed by atoms with E-state index in [0.29, 0.717) is 11.8 Å². The molecular formula is C36H13BF20N2OS. The highest BCUT2D eigenvalue weighted by Gasteiger charge is 2.52. The first-order chi connectivity index (χ1) is 28.6. The van der Waals surface area contributed by atoms with Crippen LogP contribution in [0.25, 0.3) is 0 Å². The lowest BCUT2D eigenvalue weighted by Gasteiger charge is -2.44. The van der Waals surface area contributed by atoms with Crippen LogP contribution in [0.3, 0.4) is 0 Å². The monoisotopic (exact) mass is 912 g/mol. The molecule has 0 unspecified atom stereocenters. The van der Waals surface area contributed by atoms with Crippen LogP contribution in [0, 0.1) is 116 Å². The van der Waals surface area contributed by atoms with E-state index in [9.17, 15) is 52.7 Å². The van der Waals surface area contributed by atoms with Crippen LogP contribution in [0.4, 0.5) is 87.8 Å². The molecular weight excluding hydrogens is 899 g/mol. The fourth-order valence-electron chi connectivity index (χ4n) is 6.32. The fourth-order valence-corrected chi connectivity index (χ4v) is 6.45. The molecule has 6 rings (SSSR count). The number of aromatic nitrogens is 2. The normalized spacial score (nSPS) is 11.5. The van der Waals surface area contributed by atoms with Gasteiger partial charge < -0.3 is 4.74 Å². The Kier molecular flexibility index (Phi) is 13.2. The van der Waals surface area contributed by atoms with E-state index in [4.69, 9.17) is 4.74 Å². The van der Waals surface area contributed by atoms with Gasteiger partial charge in [0, 0.05) is 5.56 Å². The maximum absolute atomic E-state index is 15.4. The molecule has 0 atom stereocenters. The minimum atomic E-state index is -7.22. The first-order valence-corrected chi connectivity index (χ1v) is 16.6. The molecule has 5 aromatic carbocycles. The molecule has 1 aromatic heterocycles. The van der Waals surface area contributed by atoms with E-state index in [0.717, 1.165) is 6.54 Å². The first kappa shape index (κ1) is 46.1. The van der Waals surface area contributed by atoms with Gasteiger partial charge in [0.05, 0.1) is 6.20 Å². The summed E-state index contributed by atoms with van der Waals surface area (Å²) in [6.45, 7) is 0.812. The Morgan fingerprint density at radius 1 is 0.426 bits per heavy atom. The smallest absolute Gasteiger partial charge is 0.280 e. The van der Waals surface area contributed by atoms with Crippen molar-refractivity contribution in [2.24, 2.45) is 0 Å². The number of benzene rings is 5. The predicted octanol–water partition coefficient (Wildman–Crippen LogP) is 7.53. The van der Waals surface area contributed by atoms with Gasteiger partial charge in [0.15, 0.2) is 82.5 Å². The van der Waals surface area contributed by atoms with Crippen molar-refractivity contribution in [3.05, 3.63) is 171 Å². The van der Waals surface area contributed by atoms with Crippen LogP contribution < -0.4 is 31.2 Å². The van der Waals surface area contributed by atoms with E-state index in [1.165, 1.54) is 5.56 Å². The number of rotatable bonds is 8. The number of hydrogen-bond donors (Lipinski definition) is 1. The topological polar surface area (TPSA) is 26.0 Å². The van der Waals surface area contributed by atoms with Crippen molar-refractivity contribution in [2.75, 3.05) is 5.94 Å². The zero-order valence-electron chi connectivity index (χ0n) is 28.9. The van der Waals surface area contributed by atoms with Crippen molar-refractivity contribution in [1.82, 2.24) is 4.98 Å². The standard InChI is InChI=1S/C24BF20.C12H12N2OS/c26-5-1(6(27)14(35)21(42)13(5)34)25(2-7(28)15(36)22(43)16(37)8(2)29,3-9(30)17(38)23(44)18(39)10(3)31)4-11(32)19(40)24(45)20(41)12(4)33;16-10-15-12-9-14(7-6-13-12)8-11-4-2-1-3-5-11/h;1-7,9H,8,10H2/q-1;/p+1. The Morgan fingerprint density at radius 2 is 0.705 bits per heavy atom. The van der Waals surface area contributed by atoms with Crippen LogP contribution in [0.15, 0.2) is 48.9 Å². The molecule has 0 radical (unpaired) electrons. The molecule has 1 heterocycles. The summed E-state index contributed by atoms with van der Waals surface area (Å²) in [6, 6.07) is 10.2. The van der Waals surface area contributed by atoms with Gasteiger partial charge in [-0.15, -0.1) is 34.5 Å². The molecule has 0 spiro atoms. The minimum Gasteiger partial charge on any atom is -0.463 e. The number of ether oxygens (including phenoxy) is 1. The van der Waals surface area contributed by atoms with Gasteiger partial charge in [-0.1, -0.05) is 30.3 Å². The second-order valence-corrected chi connectivity index (χ2v) is 12.4. The SMILES string of the molecule is Fc1c(F)c(F)c([B-](c2c(F)c(F)c(F)c(F)c2F)(c2c(F)c(F)c(F)c(F)c2F)c2c(F)c(F)c(F)c(F)c2F)c(F)c1F.SCOc1c[n+](Cc2ccccc2)ccn1. The second-order valence-electron chi connectivity index (χ2n) is 12.1. The fraction of sp³-hybridized carbons (Fsp3) is 0.0556. The van der Waals surface area contributed by atoms with E-state index in [-0.39, 0.29) is 0 Å². The highest BCUT2D eigenvalue weighted by Crippen LogP contribution is 2.30. The van der Waals surface area contributed by atoms with Crippen molar-refractivity contribution in [2.45, 2.75) is 6.54 Å². The lowest BCUT2D eigenvalue weighted by Crippen LogP contribution is -2.81. The van der Waals surface area contributed by atoms with Crippen molar-refractivity contribution in [3.8, 4) is 5.88 Å². The molecule has 25 heteroatoms. The van der Waals surface area contributed by atoms with Gasteiger partial charge >= 0.3 is 0 Å². The third-order valence-electron chi connectivity index (χ3n) is 8.86. The van der Waals surface area contributed by atoms with E-state index in [1.54, 1.807) is 6.20 Å². The molecule has 3 nitrogen and oxygen atoms in total. The zero-order chi connectivity index (χ0) is 45.6. The van der Waals surface area contributed by atoms with Crippen LogP contribution >= 0.6 is 12.6 Å². The quantitative estimate of drug-likeness (QED) is 0.0326. The lowest BCUT2D eigenvalue weighted by atomic mass is 9.12. The zero-order valence-corrected chi connectivity index (χ0v) is 29.8. The summed E-state index contributed by atoms with van der Waals surface area (Å²) >= 11 is 3.99. The van der Waals surface area contributed by atoms with Gasteiger partial charge in [-0.25, -0.2) is 92.8 Å². The minimum absolute atomic E-state index is 0.336. The molecule has 0 fully saturated rings. The van der Waals surface area contributed by atoms with Crippen LogP contribution in [-0.2, 0) is 6.54 Å². The molecule has 0 saturated heterocycles. The van der Waals surface area contributed by atoms with Gasteiger partial charge in [-0.05, 0) is 0 Å². The molecule has 0 bridgehead atoms. The van der Waals surface area contributed by atoms with Crippen LogP contribution in [0.5, 0.6) is 5.88 Å². The molecule has 0 aliphatic carbocycles. The predicted molar refractivity (Wildman–Crippen MR) is 174 cm³/mol. The highest BCUT2D eigenvalue weighted by atomic mass is 32.1. The number of nitrogens with zero attached hydrogens (tertiary/aromatic N) is 2. The summed E-state index contributed by atoms with van der Waals surface area (Å²) in [5.74, 6) is -70.5. The molecule has 0 saturated carbocycles. The maximum Gasteiger partial charge on any atom is 0.280 e. The average Bonchev–Trinajstić information content (AvgIpc) is 3.24. The average molecular weight is 912 g/mol. The maximum atomic E-state index is 15.4. The molecule has 6 aromatic rings. The number of hydrogen-bond acceptors (Lipinski definition) is 3. The molecule has 0 aliphatic rings. The summed E-state index contributed by atoms with van der Waals surface area (Å²) in [6.07, 6.45) is -1.71. The number of thiol groups is 1. The first-order valence-electron chi connectivity index (χ1n) is 15.9. The van der Waals surface area contributed by atoms with Crippen molar-refractivity contribution < 1.29 is 97.1 Å². The Balaban J connectivity index is 0.000000366. The van der Waals surface area contributed by atoms with Crippen molar-refractivity contribution in [1.29, 1.82) is 0 Å². The van der Waals surface area contributed by atoms with Gasteiger partial charge in [-0.2, -0.15) is 4.57 Å². The Labute approximate surface area is 331 Å². The Morgan fingerprint density at radius 3 is 0.984 bits per heavy atom. The summed E-state index contributed by atoms with van der Waals surface area (Å²) in [5, 5.41) is 0. The van der Waals surface area contributed by atoms with Gasteiger partial charge in [-0.3, -0.25) is 0 Å². The third kappa shape index (κ3) is 7.56. The summed E-state index contributed by atoms with van der Waals surface area (Å²) in [7, 11) is 0. The molecule has 0 amide bonds. The van der Waals surface area contributed by atoms with Crippen molar-refractivity contribution >= 4 is 40.6 Å². The van der Waals surface area contributed by atoms with Gasteiger partial charge in [0.1, 0.15) is 58.6 Å². The second kappa shape index (κ2) is 17.5. The Hall–Kier alpha value is -6.01. The van der Waals surface area contributed by atoms with Gasteiger partial charge in [0.25, 0.3) is 5.88 Å². The van der Waals surface area contributed by atoms with Crippen LogP contribution in [0.1, 0.15) is 5.56 Å². The largest absolute Gasteiger partial charge is 0.463 e. The Bertz CT molecular complexity index is 2330. The van der Waals surface area contributed by atoms with E-state index in [2.05, 4.69) is 29.7 Å². The van der Waals surface area contributed by atoms with Gasteiger partial charge in [0.2, 0.25) is 6.20 Å². The molecule has 0 N–H and O–H groups in total. The van der Waals surface area contributed by atoms with Crippen LogP contribution in [0.2, 0.25) is 0 Å². The summed E-state index contributed by atoms with van der Waals surface area (Å²) in [5.41, 5.74) is -13.1. The van der Waals surface area contributed by atoms with Crippen LogP contribution in [-0.4, -0.2) is 17.1 Å². The molecule has 61 heavy (non-hydrogen) atoms. The van der Waals surface area contributed by atoms with E-state index in [1.807, 2.05) is 35.2 Å². The molecule has 322 valence electrons.